The van der Waals surface area contributed by atoms with Crippen LogP contribution in [0.3, 0.4) is 0 Å². The van der Waals surface area contributed by atoms with E-state index in [1.165, 1.54) is 12.3 Å². The zero-order chi connectivity index (χ0) is 20.9. The Morgan fingerprint density at radius 1 is 1.13 bits per heavy atom. The summed E-state index contributed by atoms with van der Waals surface area (Å²) in [4.78, 5) is 27.8. The number of anilines is 1. The molecule has 0 saturated carbocycles. The zero-order valence-electron chi connectivity index (χ0n) is 15.7. The van der Waals surface area contributed by atoms with Crippen molar-refractivity contribution in [1.29, 1.82) is 0 Å². The summed E-state index contributed by atoms with van der Waals surface area (Å²) in [5, 5.41) is 6.81. The molecule has 3 N–H and O–H groups in total. The number of benzene rings is 1. The van der Waals surface area contributed by atoms with Crippen LogP contribution < -0.4 is 15.8 Å². The van der Waals surface area contributed by atoms with Crippen LogP contribution in [0, 0.1) is 0 Å². The van der Waals surface area contributed by atoms with Crippen LogP contribution in [0.25, 0.3) is 0 Å². The normalized spacial score (nSPS) is 10.5. The molecule has 0 aliphatic heterocycles. The number of nitrogens with one attached hydrogen (secondary N) is 1. The SMILES string of the molecule is NC(=O)c1cccc(Oc2ccc(NC(=O)c3ccc(Cn4cccn4)o3)cn2)c1. The number of ether oxygens (including phenoxy) is 1. The van der Waals surface area contributed by atoms with Gasteiger partial charge in [-0.05, 0) is 42.5 Å². The van der Waals surface area contributed by atoms with Crippen molar-refractivity contribution < 1.29 is 18.7 Å². The molecule has 0 unspecified atom stereocenters. The Bertz CT molecular complexity index is 1170. The van der Waals surface area contributed by atoms with Gasteiger partial charge in [0.15, 0.2) is 5.76 Å². The molecule has 0 saturated heterocycles. The molecule has 0 atom stereocenters. The topological polar surface area (TPSA) is 125 Å². The summed E-state index contributed by atoms with van der Waals surface area (Å²) in [5.74, 6) is 0.582. The van der Waals surface area contributed by atoms with Gasteiger partial charge in [-0.2, -0.15) is 5.10 Å². The summed E-state index contributed by atoms with van der Waals surface area (Å²) < 4.78 is 12.9. The van der Waals surface area contributed by atoms with Crippen molar-refractivity contribution in [2.75, 3.05) is 5.32 Å². The Labute approximate surface area is 171 Å². The first-order valence-corrected chi connectivity index (χ1v) is 8.98. The van der Waals surface area contributed by atoms with Crippen molar-refractivity contribution in [2.24, 2.45) is 5.73 Å². The molecule has 4 aromatic rings. The Kier molecular flexibility index (Phi) is 5.25. The van der Waals surface area contributed by atoms with Crippen LogP contribution in [-0.4, -0.2) is 26.6 Å². The van der Waals surface area contributed by atoms with Gasteiger partial charge in [0, 0.05) is 24.0 Å². The van der Waals surface area contributed by atoms with Crippen molar-refractivity contribution >= 4 is 17.5 Å². The molecule has 0 aliphatic carbocycles. The number of primary amides is 1. The van der Waals surface area contributed by atoms with Gasteiger partial charge in [-0.25, -0.2) is 4.98 Å². The molecule has 9 heteroatoms. The average molecular weight is 403 g/mol. The van der Waals surface area contributed by atoms with Gasteiger partial charge in [-0.15, -0.1) is 0 Å². The van der Waals surface area contributed by atoms with E-state index in [9.17, 15) is 9.59 Å². The third-order valence-corrected chi connectivity index (χ3v) is 4.10. The summed E-state index contributed by atoms with van der Waals surface area (Å²) in [6.07, 6.45) is 4.94. The summed E-state index contributed by atoms with van der Waals surface area (Å²) in [6, 6.07) is 14.8. The van der Waals surface area contributed by atoms with E-state index >= 15 is 0 Å². The molecule has 0 spiro atoms. The van der Waals surface area contributed by atoms with Crippen LogP contribution in [0.5, 0.6) is 11.6 Å². The highest BCUT2D eigenvalue weighted by Gasteiger charge is 2.12. The molecule has 0 aliphatic rings. The average Bonchev–Trinajstić information content (AvgIpc) is 3.42. The first-order chi connectivity index (χ1) is 14.6. The minimum atomic E-state index is -0.544. The highest BCUT2D eigenvalue weighted by Crippen LogP contribution is 2.22. The van der Waals surface area contributed by atoms with Crippen LogP contribution in [-0.2, 0) is 6.54 Å². The van der Waals surface area contributed by atoms with Gasteiger partial charge < -0.3 is 20.2 Å². The van der Waals surface area contributed by atoms with E-state index in [0.29, 0.717) is 35.2 Å². The fourth-order valence-corrected chi connectivity index (χ4v) is 2.68. The maximum Gasteiger partial charge on any atom is 0.291 e. The van der Waals surface area contributed by atoms with Crippen molar-refractivity contribution in [3.63, 3.8) is 0 Å². The number of rotatable bonds is 7. The van der Waals surface area contributed by atoms with E-state index in [2.05, 4.69) is 15.4 Å². The Morgan fingerprint density at radius 2 is 2.03 bits per heavy atom. The monoisotopic (exact) mass is 403 g/mol. The molecular formula is C21H17N5O4. The van der Waals surface area contributed by atoms with Crippen LogP contribution >= 0.6 is 0 Å². The molecule has 0 radical (unpaired) electrons. The zero-order valence-corrected chi connectivity index (χ0v) is 15.7. The molecule has 2 amide bonds. The van der Waals surface area contributed by atoms with Crippen molar-refractivity contribution in [1.82, 2.24) is 14.8 Å². The highest BCUT2D eigenvalue weighted by molar-refractivity contribution is 6.02. The molecule has 0 bridgehead atoms. The first kappa shape index (κ1) is 18.9. The number of nitrogens with zero attached hydrogens (tertiary/aromatic N) is 3. The second-order valence-corrected chi connectivity index (χ2v) is 6.30. The van der Waals surface area contributed by atoms with E-state index < -0.39 is 11.8 Å². The number of aromatic nitrogens is 3. The quantitative estimate of drug-likeness (QED) is 0.488. The first-order valence-electron chi connectivity index (χ1n) is 8.98. The maximum absolute atomic E-state index is 12.4. The highest BCUT2D eigenvalue weighted by atomic mass is 16.5. The van der Waals surface area contributed by atoms with Crippen LogP contribution in [0.4, 0.5) is 5.69 Å². The summed E-state index contributed by atoms with van der Waals surface area (Å²) >= 11 is 0. The molecule has 150 valence electrons. The van der Waals surface area contributed by atoms with Gasteiger partial charge in [0.2, 0.25) is 11.8 Å². The summed E-state index contributed by atoms with van der Waals surface area (Å²) in [5.41, 5.74) is 6.07. The summed E-state index contributed by atoms with van der Waals surface area (Å²) in [7, 11) is 0. The predicted molar refractivity (Wildman–Crippen MR) is 107 cm³/mol. The number of carbonyl (C=O) groups excluding carboxylic acids is 2. The largest absolute Gasteiger partial charge is 0.454 e. The van der Waals surface area contributed by atoms with Gasteiger partial charge in [0.1, 0.15) is 11.5 Å². The number of hydrogen-bond acceptors (Lipinski definition) is 6. The lowest BCUT2D eigenvalue weighted by Crippen LogP contribution is -2.11. The smallest absolute Gasteiger partial charge is 0.291 e. The number of hydrogen-bond donors (Lipinski definition) is 2. The van der Waals surface area contributed by atoms with Gasteiger partial charge in [-0.3, -0.25) is 14.3 Å². The van der Waals surface area contributed by atoms with Crippen LogP contribution in [0.1, 0.15) is 26.7 Å². The Morgan fingerprint density at radius 3 is 2.77 bits per heavy atom. The molecule has 30 heavy (non-hydrogen) atoms. The lowest BCUT2D eigenvalue weighted by Gasteiger charge is -2.07. The minimum Gasteiger partial charge on any atom is -0.454 e. The molecular weight excluding hydrogens is 386 g/mol. The summed E-state index contributed by atoms with van der Waals surface area (Å²) in [6.45, 7) is 0.435. The third kappa shape index (κ3) is 4.53. The standard InChI is InChI=1S/C21H17N5O4/c22-20(27)14-3-1-4-16(11-14)30-19-8-5-15(12-23-19)25-21(28)18-7-6-17(29-18)13-26-10-2-9-24-26/h1-12H,13H2,(H2,22,27)(H,25,28). The minimum absolute atomic E-state index is 0.181. The number of furan rings is 1. The van der Waals surface area contributed by atoms with Gasteiger partial charge in [0.05, 0.1) is 18.4 Å². The van der Waals surface area contributed by atoms with Crippen molar-refractivity contribution in [3.8, 4) is 11.6 Å². The molecule has 4 rings (SSSR count). The molecule has 9 nitrogen and oxygen atoms in total. The fourth-order valence-electron chi connectivity index (χ4n) is 2.68. The molecule has 3 aromatic heterocycles. The fraction of sp³-hybridized carbons (Fsp3) is 0.0476. The number of carbonyl (C=O) groups is 2. The lowest BCUT2D eigenvalue weighted by atomic mass is 10.2. The van der Waals surface area contributed by atoms with Crippen molar-refractivity contribution in [3.05, 3.63) is 90.3 Å². The van der Waals surface area contributed by atoms with E-state index in [1.54, 1.807) is 53.3 Å². The van der Waals surface area contributed by atoms with Gasteiger partial charge in [-0.1, -0.05) is 6.07 Å². The van der Waals surface area contributed by atoms with Gasteiger partial charge in [0.25, 0.3) is 5.91 Å². The molecule has 3 heterocycles. The third-order valence-electron chi connectivity index (χ3n) is 4.10. The second-order valence-electron chi connectivity index (χ2n) is 6.30. The lowest BCUT2D eigenvalue weighted by molar-refractivity contribution is 0.0989. The maximum atomic E-state index is 12.4. The van der Waals surface area contributed by atoms with E-state index in [1.807, 2.05) is 12.3 Å². The van der Waals surface area contributed by atoms with E-state index in [-0.39, 0.29) is 5.76 Å². The Balaban J connectivity index is 1.37. The van der Waals surface area contributed by atoms with Crippen LogP contribution in [0.15, 0.2) is 77.6 Å². The van der Waals surface area contributed by atoms with Crippen molar-refractivity contribution in [2.45, 2.75) is 6.54 Å². The van der Waals surface area contributed by atoms with Gasteiger partial charge >= 0.3 is 0 Å². The predicted octanol–water partition coefficient (Wildman–Crippen LogP) is 3.06. The number of nitrogens with two attached hydrogens (primary N) is 1. The Hall–Kier alpha value is -4.40. The molecule has 1 aromatic carbocycles. The van der Waals surface area contributed by atoms with Crippen LogP contribution in [0.2, 0.25) is 0 Å². The number of pyridine rings is 1. The van der Waals surface area contributed by atoms with E-state index in [4.69, 9.17) is 14.9 Å². The molecule has 0 fully saturated rings. The number of amides is 2. The van der Waals surface area contributed by atoms with E-state index in [0.717, 1.165) is 0 Å². The second kappa shape index (κ2) is 8.31.